The fourth-order valence-corrected chi connectivity index (χ4v) is 4.13. The van der Waals surface area contributed by atoms with E-state index in [-0.39, 0.29) is 11.5 Å². The normalized spacial score (nSPS) is 12.9. The van der Waals surface area contributed by atoms with Crippen LogP contribution in [0.3, 0.4) is 0 Å². The van der Waals surface area contributed by atoms with Crippen LogP contribution in [0.5, 0.6) is 0 Å². The summed E-state index contributed by atoms with van der Waals surface area (Å²) in [6, 6.07) is 11.7. The number of hydrogen-bond acceptors (Lipinski definition) is 3. The van der Waals surface area contributed by atoms with Gasteiger partial charge in [0, 0.05) is 22.6 Å². The van der Waals surface area contributed by atoms with E-state index in [1.807, 2.05) is 23.7 Å². The van der Waals surface area contributed by atoms with Crippen LogP contribution in [0.15, 0.2) is 42.5 Å². The van der Waals surface area contributed by atoms with Crippen LogP contribution in [-0.2, 0) is 11.5 Å². The van der Waals surface area contributed by atoms with Crippen LogP contribution in [0.4, 0.5) is 10.2 Å². The van der Waals surface area contributed by atoms with Gasteiger partial charge in [-0.25, -0.2) is 9.07 Å². The Labute approximate surface area is 155 Å². The fraction of sp³-hybridized carbons (Fsp3) is 0.200. The Morgan fingerprint density at radius 1 is 1.19 bits per heavy atom. The average molecular weight is 367 g/mol. The van der Waals surface area contributed by atoms with Crippen molar-refractivity contribution in [2.75, 3.05) is 5.32 Å². The van der Waals surface area contributed by atoms with Crippen molar-refractivity contribution in [1.82, 2.24) is 9.78 Å². The maximum Gasteiger partial charge on any atom is 0.256 e. The summed E-state index contributed by atoms with van der Waals surface area (Å²) >= 11 is 1.77. The molecule has 2 heterocycles. The monoisotopic (exact) mass is 367 g/mol. The molecular weight excluding hydrogens is 349 g/mol. The van der Waals surface area contributed by atoms with Crippen molar-refractivity contribution < 1.29 is 9.18 Å². The zero-order valence-corrected chi connectivity index (χ0v) is 15.4. The summed E-state index contributed by atoms with van der Waals surface area (Å²) in [4.78, 5) is 12.7. The zero-order valence-electron chi connectivity index (χ0n) is 14.5. The molecule has 0 radical (unpaired) electrons. The van der Waals surface area contributed by atoms with Gasteiger partial charge in [0.25, 0.3) is 5.91 Å². The van der Waals surface area contributed by atoms with Crippen molar-refractivity contribution in [2.24, 2.45) is 0 Å². The standard InChI is InChI=1S/C20H18FN3OS/c1-12-5-3-8-18(13(12)2)24-19(16-10-26-11-17(16)23-24)22-20(25)14-6-4-7-15(21)9-14/h3-9H,10-11H2,1-2H3,(H,22,25). The van der Waals surface area contributed by atoms with E-state index in [0.717, 1.165) is 39.6 Å². The summed E-state index contributed by atoms with van der Waals surface area (Å²) in [5.74, 6) is 1.54. The minimum atomic E-state index is -0.429. The van der Waals surface area contributed by atoms with Crippen molar-refractivity contribution in [3.8, 4) is 5.69 Å². The largest absolute Gasteiger partial charge is 0.306 e. The summed E-state index contributed by atoms with van der Waals surface area (Å²) < 4.78 is 15.3. The molecule has 26 heavy (non-hydrogen) atoms. The number of aromatic nitrogens is 2. The molecule has 0 saturated carbocycles. The van der Waals surface area contributed by atoms with Gasteiger partial charge in [-0.3, -0.25) is 4.79 Å². The second-order valence-corrected chi connectivity index (χ2v) is 7.35. The first kappa shape index (κ1) is 16.8. The van der Waals surface area contributed by atoms with Crippen LogP contribution >= 0.6 is 11.8 Å². The van der Waals surface area contributed by atoms with Gasteiger partial charge < -0.3 is 5.32 Å². The number of carbonyl (C=O) groups excluding carboxylic acids is 1. The molecule has 4 rings (SSSR count). The molecule has 0 aliphatic carbocycles. The average Bonchev–Trinajstić information content (AvgIpc) is 3.20. The second kappa shape index (κ2) is 6.61. The first-order valence-corrected chi connectivity index (χ1v) is 9.52. The number of nitrogens with one attached hydrogen (secondary N) is 1. The lowest BCUT2D eigenvalue weighted by Gasteiger charge is -2.14. The summed E-state index contributed by atoms with van der Waals surface area (Å²) in [6.07, 6.45) is 0. The molecule has 0 saturated heterocycles. The number of halogens is 1. The van der Waals surface area contributed by atoms with E-state index in [9.17, 15) is 9.18 Å². The molecule has 1 aliphatic heterocycles. The molecule has 1 aliphatic rings. The van der Waals surface area contributed by atoms with Crippen LogP contribution in [0.1, 0.15) is 32.7 Å². The van der Waals surface area contributed by atoms with E-state index in [2.05, 4.69) is 18.3 Å². The fourth-order valence-electron chi connectivity index (χ4n) is 3.09. The Kier molecular flexibility index (Phi) is 4.28. The number of anilines is 1. The van der Waals surface area contributed by atoms with Crippen LogP contribution in [0.2, 0.25) is 0 Å². The Bertz CT molecular complexity index is 1010. The Morgan fingerprint density at radius 3 is 2.81 bits per heavy atom. The lowest BCUT2D eigenvalue weighted by molar-refractivity contribution is 0.102. The Balaban J connectivity index is 1.78. The van der Waals surface area contributed by atoms with Crippen LogP contribution in [-0.4, -0.2) is 15.7 Å². The summed E-state index contributed by atoms with van der Waals surface area (Å²) in [5, 5.41) is 7.70. The minimum absolute atomic E-state index is 0.290. The van der Waals surface area contributed by atoms with Crippen molar-refractivity contribution in [2.45, 2.75) is 25.4 Å². The first-order chi connectivity index (χ1) is 12.5. The maximum absolute atomic E-state index is 13.5. The van der Waals surface area contributed by atoms with Gasteiger partial charge >= 0.3 is 0 Å². The van der Waals surface area contributed by atoms with E-state index in [1.165, 1.54) is 18.2 Å². The number of amides is 1. The van der Waals surface area contributed by atoms with Gasteiger partial charge in [0.1, 0.15) is 11.6 Å². The molecule has 0 atom stereocenters. The molecule has 0 fully saturated rings. The maximum atomic E-state index is 13.5. The number of carbonyl (C=O) groups is 1. The number of rotatable bonds is 3. The lowest BCUT2D eigenvalue weighted by atomic mass is 10.1. The molecule has 132 valence electrons. The highest BCUT2D eigenvalue weighted by atomic mass is 32.2. The predicted molar refractivity (Wildman–Crippen MR) is 102 cm³/mol. The number of hydrogen-bond donors (Lipinski definition) is 1. The van der Waals surface area contributed by atoms with Gasteiger partial charge in [0.05, 0.1) is 11.4 Å². The molecule has 1 aromatic heterocycles. The van der Waals surface area contributed by atoms with E-state index in [0.29, 0.717) is 5.82 Å². The van der Waals surface area contributed by atoms with Gasteiger partial charge in [-0.05, 0) is 49.2 Å². The third-order valence-electron chi connectivity index (χ3n) is 4.67. The summed E-state index contributed by atoms with van der Waals surface area (Å²) in [6.45, 7) is 4.10. The number of thioether (sulfide) groups is 1. The van der Waals surface area contributed by atoms with E-state index < -0.39 is 5.82 Å². The molecule has 1 N–H and O–H groups in total. The lowest BCUT2D eigenvalue weighted by Crippen LogP contribution is -2.17. The molecule has 0 spiro atoms. The van der Waals surface area contributed by atoms with E-state index in [4.69, 9.17) is 5.10 Å². The number of aryl methyl sites for hydroxylation is 1. The van der Waals surface area contributed by atoms with Crippen molar-refractivity contribution >= 4 is 23.5 Å². The molecule has 1 amide bonds. The van der Waals surface area contributed by atoms with Gasteiger partial charge in [0.15, 0.2) is 0 Å². The van der Waals surface area contributed by atoms with Crippen LogP contribution in [0, 0.1) is 19.7 Å². The molecular formula is C20H18FN3OS. The predicted octanol–water partition coefficient (Wildman–Crippen LogP) is 4.63. The van der Waals surface area contributed by atoms with Gasteiger partial charge in [-0.2, -0.15) is 16.9 Å². The third-order valence-corrected chi connectivity index (χ3v) is 5.65. The highest BCUT2D eigenvalue weighted by Gasteiger charge is 2.25. The second-order valence-electron chi connectivity index (χ2n) is 6.36. The van der Waals surface area contributed by atoms with Crippen molar-refractivity contribution in [3.05, 3.63) is 76.2 Å². The van der Waals surface area contributed by atoms with Gasteiger partial charge in [0.2, 0.25) is 0 Å². The smallest absolute Gasteiger partial charge is 0.256 e. The quantitative estimate of drug-likeness (QED) is 0.734. The topological polar surface area (TPSA) is 46.9 Å². The molecule has 6 heteroatoms. The van der Waals surface area contributed by atoms with Crippen molar-refractivity contribution in [1.29, 1.82) is 0 Å². The van der Waals surface area contributed by atoms with Gasteiger partial charge in [-0.1, -0.05) is 18.2 Å². The molecule has 2 aromatic carbocycles. The molecule has 0 unspecified atom stereocenters. The molecule has 3 aromatic rings. The Morgan fingerprint density at radius 2 is 2.00 bits per heavy atom. The summed E-state index contributed by atoms with van der Waals surface area (Å²) in [5.41, 5.74) is 5.54. The minimum Gasteiger partial charge on any atom is -0.306 e. The number of benzene rings is 2. The van der Waals surface area contributed by atoms with Crippen LogP contribution in [0.25, 0.3) is 5.69 Å². The molecule has 0 bridgehead atoms. The SMILES string of the molecule is Cc1cccc(-n2nc3c(c2NC(=O)c2cccc(F)c2)CSC3)c1C. The molecule has 4 nitrogen and oxygen atoms in total. The first-order valence-electron chi connectivity index (χ1n) is 8.36. The zero-order chi connectivity index (χ0) is 18.3. The number of fused-ring (bicyclic) bond motifs is 1. The highest BCUT2D eigenvalue weighted by molar-refractivity contribution is 7.98. The van der Waals surface area contributed by atoms with E-state index >= 15 is 0 Å². The highest BCUT2D eigenvalue weighted by Crippen LogP contribution is 2.37. The van der Waals surface area contributed by atoms with Gasteiger partial charge in [-0.15, -0.1) is 0 Å². The van der Waals surface area contributed by atoms with Crippen LogP contribution < -0.4 is 5.32 Å². The Hall–Kier alpha value is -2.60. The van der Waals surface area contributed by atoms with E-state index in [1.54, 1.807) is 17.8 Å². The summed E-state index contributed by atoms with van der Waals surface area (Å²) in [7, 11) is 0. The van der Waals surface area contributed by atoms with Crippen molar-refractivity contribution in [3.63, 3.8) is 0 Å². The third kappa shape index (κ3) is 2.90. The number of nitrogens with zero attached hydrogens (tertiary/aromatic N) is 2.